The summed E-state index contributed by atoms with van der Waals surface area (Å²) in [5, 5.41) is 13.9. The van der Waals surface area contributed by atoms with Gasteiger partial charge in [-0.2, -0.15) is 0 Å². The normalized spacial score (nSPS) is 15.1. The van der Waals surface area contributed by atoms with E-state index in [9.17, 15) is 14.4 Å². The van der Waals surface area contributed by atoms with Crippen LogP contribution in [-0.4, -0.2) is 41.5 Å². The van der Waals surface area contributed by atoms with Gasteiger partial charge in [0.1, 0.15) is 6.04 Å². The van der Waals surface area contributed by atoms with Crippen LogP contribution in [0.2, 0.25) is 0 Å². The molecule has 0 aromatic heterocycles. The van der Waals surface area contributed by atoms with Crippen molar-refractivity contribution in [1.29, 1.82) is 0 Å². The number of hydrogen-bond donors (Lipinski definition) is 4. The standard InChI is InChI=1S/C14H27N3O4/c1-5-9(4)12(14(20)21)17-11(18)7-16-13(19)10(15)6-8(2)3/h8-10,12H,5-7,15H2,1-4H3,(H,16,19)(H,17,18)(H,20,21)/t9-,10-,12-/m0/s1. The molecule has 0 saturated heterocycles. The Kier molecular flexibility index (Phi) is 8.61. The maximum absolute atomic E-state index is 11.7. The summed E-state index contributed by atoms with van der Waals surface area (Å²) >= 11 is 0. The van der Waals surface area contributed by atoms with Crippen molar-refractivity contribution < 1.29 is 19.5 Å². The van der Waals surface area contributed by atoms with Crippen LogP contribution < -0.4 is 16.4 Å². The van der Waals surface area contributed by atoms with E-state index >= 15 is 0 Å². The molecule has 0 unspecified atom stereocenters. The number of carboxylic acid groups (broad SMARTS) is 1. The number of carbonyl (C=O) groups excluding carboxylic acids is 2. The predicted molar refractivity (Wildman–Crippen MR) is 79.5 cm³/mol. The van der Waals surface area contributed by atoms with Gasteiger partial charge >= 0.3 is 5.97 Å². The molecule has 0 saturated carbocycles. The summed E-state index contributed by atoms with van der Waals surface area (Å²) in [5.41, 5.74) is 5.69. The molecule has 0 bridgehead atoms. The van der Waals surface area contributed by atoms with E-state index in [1.165, 1.54) is 0 Å². The van der Waals surface area contributed by atoms with Crippen molar-refractivity contribution in [3.05, 3.63) is 0 Å². The number of nitrogens with two attached hydrogens (primary N) is 1. The Morgan fingerprint density at radius 3 is 2.19 bits per heavy atom. The maximum Gasteiger partial charge on any atom is 0.326 e. The van der Waals surface area contributed by atoms with Crippen molar-refractivity contribution in [2.75, 3.05) is 6.54 Å². The van der Waals surface area contributed by atoms with Gasteiger partial charge in [0.05, 0.1) is 12.6 Å². The first-order valence-corrected chi connectivity index (χ1v) is 7.24. The first-order valence-electron chi connectivity index (χ1n) is 7.24. The van der Waals surface area contributed by atoms with Gasteiger partial charge in [0.25, 0.3) is 0 Å². The zero-order valence-corrected chi connectivity index (χ0v) is 13.2. The largest absolute Gasteiger partial charge is 0.480 e. The van der Waals surface area contributed by atoms with Gasteiger partial charge < -0.3 is 21.5 Å². The summed E-state index contributed by atoms with van der Waals surface area (Å²) in [7, 11) is 0. The fraction of sp³-hybridized carbons (Fsp3) is 0.786. The van der Waals surface area contributed by atoms with E-state index in [0.717, 1.165) is 0 Å². The summed E-state index contributed by atoms with van der Waals surface area (Å²) in [6.07, 6.45) is 1.15. The Morgan fingerprint density at radius 2 is 1.76 bits per heavy atom. The second-order valence-corrected chi connectivity index (χ2v) is 5.72. The lowest BCUT2D eigenvalue weighted by Crippen LogP contribution is -2.50. The van der Waals surface area contributed by atoms with Crippen LogP contribution in [0, 0.1) is 11.8 Å². The summed E-state index contributed by atoms with van der Waals surface area (Å²) in [6, 6.07) is -1.62. The van der Waals surface area contributed by atoms with Crippen LogP contribution in [0.4, 0.5) is 0 Å². The minimum absolute atomic E-state index is 0.189. The van der Waals surface area contributed by atoms with Crippen LogP contribution >= 0.6 is 0 Å². The van der Waals surface area contributed by atoms with E-state index in [1.807, 2.05) is 20.8 Å². The highest BCUT2D eigenvalue weighted by Crippen LogP contribution is 2.07. The number of nitrogens with one attached hydrogen (secondary N) is 2. The number of hydrogen-bond acceptors (Lipinski definition) is 4. The lowest BCUT2D eigenvalue weighted by Gasteiger charge is -2.20. The van der Waals surface area contributed by atoms with Gasteiger partial charge in [0.2, 0.25) is 11.8 Å². The van der Waals surface area contributed by atoms with Gasteiger partial charge in [-0.25, -0.2) is 4.79 Å². The number of carboxylic acids is 1. The van der Waals surface area contributed by atoms with Crippen molar-refractivity contribution >= 4 is 17.8 Å². The minimum atomic E-state index is -1.08. The molecular weight excluding hydrogens is 274 g/mol. The number of amides is 2. The molecule has 5 N–H and O–H groups in total. The highest BCUT2D eigenvalue weighted by Gasteiger charge is 2.25. The molecule has 2 amide bonds. The molecule has 0 spiro atoms. The van der Waals surface area contributed by atoms with Gasteiger partial charge in [0.15, 0.2) is 0 Å². The lowest BCUT2D eigenvalue weighted by atomic mass is 9.99. The van der Waals surface area contributed by atoms with E-state index in [0.29, 0.717) is 12.8 Å². The van der Waals surface area contributed by atoms with Crippen LogP contribution in [-0.2, 0) is 14.4 Å². The fourth-order valence-electron chi connectivity index (χ4n) is 1.82. The minimum Gasteiger partial charge on any atom is -0.480 e. The third kappa shape index (κ3) is 7.65. The van der Waals surface area contributed by atoms with Crippen molar-refractivity contribution in [2.45, 2.75) is 52.6 Å². The first-order chi connectivity index (χ1) is 9.68. The molecule has 21 heavy (non-hydrogen) atoms. The average molecular weight is 301 g/mol. The Hall–Kier alpha value is -1.63. The average Bonchev–Trinajstić information content (AvgIpc) is 2.39. The van der Waals surface area contributed by atoms with Crippen LogP contribution in [0.1, 0.15) is 40.5 Å². The van der Waals surface area contributed by atoms with E-state index in [1.54, 1.807) is 6.92 Å². The van der Waals surface area contributed by atoms with Crippen molar-refractivity contribution in [1.82, 2.24) is 10.6 Å². The van der Waals surface area contributed by atoms with Gasteiger partial charge in [-0.05, 0) is 18.3 Å². The molecule has 0 aromatic carbocycles. The number of aliphatic carboxylic acids is 1. The van der Waals surface area contributed by atoms with Crippen LogP contribution in [0.3, 0.4) is 0 Å². The molecule has 3 atom stereocenters. The van der Waals surface area contributed by atoms with Crippen molar-refractivity contribution in [3.63, 3.8) is 0 Å². The zero-order valence-electron chi connectivity index (χ0n) is 13.2. The topological polar surface area (TPSA) is 122 Å². The molecular formula is C14H27N3O4. The van der Waals surface area contributed by atoms with Gasteiger partial charge in [-0.1, -0.05) is 34.1 Å². The molecule has 7 heteroatoms. The Bertz CT molecular complexity index is 371. The van der Waals surface area contributed by atoms with E-state index < -0.39 is 29.9 Å². The van der Waals surface area contributed by atoms with Crippen LogP contribution in [0.5, 0.6) is 0 Å². The summed E-state index contributed by atoms with van der Waals surface area (Å²) in [4.78, 5) is 34.4. The lowest BCUT2D eigenvalue weighted by molar-refractivity contribution is -0.143. The molecule has 122 valence electrons. The third-order valence-corrected chi connectivity index (χ3v) is 3.28. The Balaban J connectivity index is 4.31. The van der Waals surface area contributed by atoms with Crippen LogP contribution in [0.25, 0.3) is 0 Å². The molecule has 0 radical (unpaired) electrons. The molecule has 0 aliphatic rings. The number of rotatable bonds is 9. The molecule has 7 nitrogen and oxygen atoms in total. The maximum atomic E-state index is 11.7. The summed E-state index contributed by atoms with van der Waals surface area (Å²) < 4.78 is 0. The molecule has 0 aliphatic heterocycles. The van der Waals surface area contributed by atoms with Crippen molar-refractivity contribution in [3.8, 4) is 0 Å². The molecule has 0 aromatic rings. The van der Waals surface area contributed by atoms with Crippen molar-refractivity contribution in [2.24, 2.45) is 17.6 Å². The zero-order chi connectivity index (χ0) is 16.6. The smallest absolute Gasteiger partial charge is 0.326 e. The Morgan fingerprint density at radius 1 is 1.19 bits per heavy atom. The molecule has 0 heterocycles. The predicted octanol–water partition coefficient (Wildman–Crippen LogP) is 0.0915. The quantitative estimate of drug-likeness (QED) is 0.481. The van der Waals surface area contributed by atoms with E-state index in [2.05, 4.69) is 10.6 Å². The third-order valence-electron chi connectivity index (χ3n) is 3.28. The summed E-state index contributed by atoms with van der Waals surface area (Å²) in [6.45, 7) is 7.22. The van der Waals surface area contributed by atoms with Gasteiger partial charge in [0, 0.05) is 0 Å². The second-order valence-electron chi connectivity index (χ2n) is 5.72. The first kappa shape index (κ1) is 19.4. The SMILES string of the molecule is CC[C@H](C)[C@H](NC(=O)CNC(=O)[C@@H](N)CC(C)C)C(=O)O. The molecule has 0 fully saturated rings. The van der Waals surface area contributed by atoms with Gasteiger partial charge in [-0.3, -0.25) is 9.59 Å². The Labute approximate surface area is 125 Å². The number of carbonyl (C=O) groups is 3. The highest BCUT2D eigenvalue weighted by molar-refractivity contribution is 5.89. The molecule has 0 rings (SSSR count). The summed E-state index contributed by atoms with van der Waals surface area (Å²) in [5.74, 6) is -1.94. The van der Waals surface area contributed by atoms with Gasteiger partial charge in [-0.15, -0.1) is 0 Å². The van der Waals surface area contributed by atoms with E-state index in [-0.39, 0.29) is 18.4 Å². The fourth-order valence-corrected chi connectivity index (χ4v) is 1.82. The monoisotopic (exact) mass is 301 g/mol. The highest BCUT2D eigenvalue weighted by atomic mass is 16.4. The van der Waals surface area contributed by atoms with E-state index in [4.69, 9.17) is 10.8 Å². The van der Waals surface area contributed by atoms with Crippen LogP contribution in [0.15, 0.2) is 0 Å². The molecule has 0 aliphatic carbocycles. The second kappa shape index (κ2) is 9.33.